The minimum absolute atomic E-state index is 0.149. The lowest BCUT2D eigenvalue weighted by molar-refractivity contribution is -0.139. The highest BCUT2D eigenvalue weighted by atomic mass is 32.2. The number of carbonyl (C=O) groups is 1. The molecule has 0 aromatic heterocycles. The predicted molar refractivity (Wildman–Crippen MR) is 98.8 cm³/mol. The Kier molecular flexibility index (Phi) is 6.87. The van der Waals surface area contributed by atoms with Crippen molar-refractivity contribution >= 4 is 16.0 Å². The summed E-state index contributed by atoms with van der Waals surface area (Å²) >= 11 is 0. The van der Waals surface area contributed by atoms with Gasteiger partial charge in [0.05, 0.1) is 6.26 Å². The standard InChI is InChI=1S/C19H29NO4S/c1-4-15(2)20(19(21)17-8-6-5-7-9-17)14-16-10-12-18(13-11-16)24-25(3,22)23/h10-13,15,17H,4-9,14H2,1-3H3/t15-/m1/s1. The van der Waals surface area contributed by atoms with Gasteiger partial charge in [-0.25, -0.2) is 0 Å². The Hall–Kier alpha value is -1.56. The molecule has 0 radical (unpaired) electrons. The van der Waals surface area contributed by atoms with Crippen molar-refractivity contribution in [3.05, 3.63) is 29.8 Å². The Labute approximate surface area is 151 Å². The molecule has 5 nitrogen and oxygen atoms in total. The van der Waals surface area contributed by atoms with Gasteiger partial charge in [-0.1, -0.05) is 38.3 Å². The first kappa shape index (κ1) is 19.8. The van der Waals surface area contributed by atoms with E-state index >= 15 is 0 Å². The number of nitrogens with zero attached hydrogens (tertiary/aromatic N) is 1. The summed E-state index contributed by atoms with van der Waals surface area (Å²) in [4.78, 5) is 15.0. The molecule has 0 spiro atoms. The molecular weight excluding hydrogens is 338 g/mol. The summed E-state index contributed by atoms with van der Waals surface area (Å²) in [5, 5.41) is 0. The van der Waals surface area contributed by atoms with Crippen molar-refractivity contribution < 1.29 is 17.4 Å². The molecule has 1 amide bonds. The van der Waals surface area contributed by atoms with Crippen molar-refractivity contribution in [3.63, 3.8) is 0 Å². The van der Waals surface area contributed by atoms with E-state index in [1.54, 1.807) is 12.1 Å². The summed E-state index contributed by atoms with van der Waals surface area (Å²) in [6, 6.07) is 7.10. The third-order valence-electron chi connectivity index (χ3n) is 4.88. The Bertz CT molecular complexity index is 663. The van der Waals surface area contributed by atoms with E-state index in [1.165, 1.54) is 6.42 Å². The van der Waals surface area contributed by atoms with Crippen LogP contribution in [0.25, 0.3) is 0 Å². The van der Waals surface area contributed by atoms with Crippen LogP contribution in [0.3, 0.4) is 0 Å². The molecule has 2 rings (SSSR count). The molecule has 6 heteroatoms. The molecule has 0 saturated heterocycles. The Morgan fingerprint density at radius 2 is 1.80 bits per heavy atom. The third kappa shape index (κ3) is 6.03. The molecule has 1 aliphatic carbocycles. The van der Waals surface area contributed by atoms with Crippen LogP contribution in [0.15, 0.2) is 24.3 Å². The highest BCUT2D eigenvalue weighted by molar-refractivity contribution is 7.86. The lowest BCUT2D eigenvalue weighted by Crippen LogP contribution is -2.42. The summed E-state index contributed by atoms with van der Waals surface area (Å²) in [7, 11) is -3.52. The van der Waals surface area contributed by atoms with Crippen molar-refractivity contribution in [2.45, 2.75) is 65.0 Å². The van der Waals surface area contributed by atoms with Gasteiger partial charge in [-0.3, -0.25) is 4.79 Å². The fourth-order valence-electron chi connectivity index (χ4n) is 3.28. The van der Waals surface area contributed by atoms with Gasteiger partial charge >= 0.3 is 10.1 Å². The second kappa shape index (κ2) is 8.70. The molecule has 0 bridgehead atoms. The number of amides is 1. The molecule has 1 aromatic rings. The van der Waals surface area contributed by atoms with E-state index in [0.29, 0.717) is 12.3 Å². The summed E-state index contributed by atoms with van der Waals surface area (Å²) in [6.45, 7) is 4.72. The number of hydrogen-bond donors (Lipinski definition) is 0. The van der Waals surface area contributed by atoms with Gasteiger partial charge in [0.25, 0.3) is 0 Å². The van der Waals surface area contributed by atoms with Crippen LogP contribution in [0.1, 0.15) is 57.9 Å². The average Bonchev–Trinajstić information content (AvgIpc) is 2.59. The second-order valence-corrected chi connectivity index (χ2v) is 8.56. The van der Waals surface area contributed by atoms with Crippen LogP contribution in [0, 0.1) is 5.92 Å². The molecule has 140 valence electrons. The molecule has 0 unspecified atom stereocenters. The normalized spacial score (nSPS) is 17.1. The van der Waals surface area contributed by atoms with Gasteiger partial charge in [-0.15, -0.1) is 0 Å². The van der Waals surface area contributed by atoms with Crippen LogP contribution >= 0.6 is 0 Å². The van der Waals surface area contributed by atoms with E-state index in [4.69, 9.17) is 4.18 Å². The Balaban J connectivity index is 2.09. The first-order chi connectivity index (χ1) is 11.8. The van der Waals surface area contributed by atoms with Crippen LogP contribution in [-0.2, 0) is 21.5 Å². The lowest BCUT2D eigenvalue weighted by atomic mass is 9.87. The topological polar surface area (TPSA) is 63.7 Å². The summed E-state index contributed by atoms with van der Waals surface area (Å²) in [6.07, 6.45) is 7.43. The van der Waals surface area contributed by atoms with Gasteiger partial charge in [0.2, 0.25) is 5.91 Å². The zero-order valence-electron chi connectivity index (χ0n) is 15.4. The minimum Gasteiger partial charge on any atom is -0.383 e. The number of hydrogen-bond acceptors (Lipinski definition) is 4. The predicted octanol–water partition coefficient (Wildman–Crippen LogP) is 3.73. The molecule has 0 aliphatic heterocycles. The highest BCUT2D eigenvalue weighted by Crippen LogP contribution is 2.27. The van der Waals surface area contributed by atoms with Gasteiger partial charge in [-0.2, -0.15) is 8.42 Å². The summed E-state index contributed by atoms with van der Waals surface area (Å²) in [5.41, 5.74) is 0.977. The van der Waals surface area contributed by atoms with Crippen LogP contribution in [0.2, 0.25) is 0 Å². The molecule has 0 N–H and O–H groups in total. The maximum atomic E-state index is 13.0. The molecule has 1 aliphatic rings. The van der Waals surface area contributed by atoms with Crippen molar-refractivity contribution in [2.75, 3.05) is 6.26 Å². The molecular formula is C19H29NO4S. The van der Waals surface area contributed by atoms with Crippen LogP contribution in [0.5, 0.6) is 5.75 Å². The van der Waals surface area contributed by atoms with Crippen LogP contribution in [0.4, 0.5) is 0 Å². The van der Waals surface area contributed by atoms with Gasteiger partial charge in [0, 0.05) is 18.5 Å². The van der Waals surface area contributed by atoms with Crippen molar-refractivity contribution in [2.24, 2.45) is 5.92 Å². The van der Waals surface area contributed by atoms with Gasteiger partial charge in [0.1, 0.15) is 5.75 Å². The maximum Gasteiger partial charge on any atom is 0.306 e. The molecule has 1 fully saturated rings. The molecule has 1 atom stereocenters. The molecule has 1 aromatic carbocycles. The van der Waals surface area contributed by atoms with Gasteiger partial charge in [-0.05, 0) is 43.9 Å². The number of carbonyl (C=O) groups excluding carboxylic acids is 1. The first-order valence-electron chi connectivity index (χ1n) is 9.09. The third-order valence-corrected chi connectivity index (χ3v) is 5.38. The van der Waals surface area contributed by atoms with E-state index in [2.05, 4.69) is 13.8 Å². The van der Waals surface area contributed by atoms with E-state index in [9.17, 15) is 13.2 Å². The Morgan fingerprint density at radius 1 is 1.20 bits per heavy atom. The molecule has 25 heavy (non-hydrogen) atoms. The highest BCUT2D eigenvalue weighted by Gasteiger charge is 2.28. The lowest BCUT2D eigenvalue weighted by Gasteiger charge is -2.33. The van der Waals surface area contributed by atoms with Crippen molar-refractivity contribution in [1.82, 2.24) is 4.90 Å². The smallest absolute Gasteiger partial charge is 0.306 e. The Morgan fingerprint density at radius 3 is 2.32 bits per heavy atom. The SMILES string of the molecule is CC[C@@H](C)N(Cc1ccc(OS(C)(=O)=O)cc1)C(=O)C1CCCCC1. The fraction of sp³-hybridized carbons (Fsp3) is 0.632. The zero-order valence-corrected chi connectivity index (χ0v) is 16.2. The minimum atomic E-state index is -3.52. The van der Waals surface area contributed by atoms with Crippen LogP contribution < -0.4 is 4.18 Å². The largest absolute Gasteiger partial charge is 0.383 e. The van der Waals surface area contributed by atoms with E-state index in [1.807, 2.05) is 17.0 Å². The second-order valence-electron chi connectivity index (χ2n) is 6.99. The van der Waals surface area contributed by atoms with E-state index in [-0.39, 0.29) is 17.9 Å². The zero-order chi connectivity index (χ0) is 18.4. The van der Waals surface area contributed by atoms with Gasteiger partial charge in [0.15, 0.2) is 0 Å². The van der Waals surface area contributed by atoms with Gasteiger partial charge < -0.3 is 9.08 Å². The van der Waals surface area contributed by atoms with E-state index in [0.717, 1.165) is 43.9 Å². The fourth-order valence-corrected chi connectivity index (χ4v) is 3.74. The van der Waals surface area contributed by atoms with Crippen LogP contribution in [-0.4, -0.2) is 31.5 Å². The quantitative estimate of drug-likeness (QED) is 0.689. The van der Waals surface area contributed by atoms with E-state index < -0.39 is 10.1 Å². The molecule has 1 saturated carbocycles. The summed E-state index contributed by atoms with van der Waals surface area (Å²) in [5.74, 6) is 0.695. The average molecular weight is 368 g/mol. The first-order valence-corrected chi connectivity index (χ1v) is 10.9. The maximum absolute atomic E-state index is 13.0. The summed E-state index contributed by atoms with van der Waals surface area (Å²) < 4.78 is 27.2. The number of benzene rings is 1. The van der Waals surface area contributed by atoms with Crippen molar-refractivity contribution in [1.29, 1.82) is 0 Å². The molecule has 0 heterocycles. The number of rotatable bonds is 7. The van der Waals surface area contributed by atoms with Crippen molar-refractivity contribution in [3.8, 4) is 5.75 Å². The monoisotopic (exact) mass is 367 g/mol.